The van der Waals surface area contributed by atoms with Crippen LogP contribution in [0.5, 0.6) is 11.5 Å². The molecule has 2 rings (SSSR count). The van der Waals surface area contributed by atoms with Gasteiger partial charge in [-0.05, 0) is 36.4 Å². The molecule has 0 heterocycles. The molecule has 2 aromatic carbocycles. The number of methoxy groups -OCH3 is 1. The number of rotatable bonds is 5. The zero-order valence-corrected chi connectivity index (χ0v) is 12.8. The fourth-order valence-corrected chi connectivity index (χ4v) is 2.98. The fourth-order valence-electron chi connectivity index (χ4n) is 1.66. The van der Waals surface area contributed by atoms with Gasteiger partial charge in [-0.2, -0.15) is 0 Å². The van der Waals surface area contributed by atoms with Crippen molar-refractivity contribution < 1.29 is 13.8 Å². The van der Waals surface area contributed by atoms with Crippen molar-refractivity contribution in [2.75, 3.05) is 18.9 Å². The van der Waals surface area contributed by atoms with Crippen LogP contribution in [-0.2, 0) is 4.57 Å². The highest BCUT2D eigenvalue weighted by Gasteiger charge is 2.19. The van der Waals surface area contributed by atoms with Crippen LogP contribution in [-0.4, -0.2) is 13.8 Å². The van der Waals surface area contributed by atoms with Crippen LogP contribution in [0.15, 0.2) is 48.5 Å². The summed E-state index contributed by atoms with van der Waals surface area (Å²) in [6.07, 6.45) is 0. The molecule has 106 valence electrons. The van der Waals surface area contributed by atoms with Crippen LogP contribution < -0.4 is 14.3 Å². The molecule has 0 aliphatic carbocycles. The van der Waals surface area contributed by atoms with Gasteiger partial charge in [-0.3, -0.25) is 4.57 Å². The van der Waals surface area contributed by atoms with Gasteiger partial charge in [-0.15, -0.1) is 0 Å². The molecule has 0 fully saturated rings. The van der Waals surface area contributed by atoms with E-state index in [9.17, 15) is 4.57 Å². The van der Waals surface area contributed by atoms with Gasteiger partial charge in [-0.1, -0.05) is 23.7 Å². The zero-order chi connectivity index (χ0) is 14.6. The Balaban J connectivity index is 2.14. The minimum Gasteiger partial charge on any atom is -0.493 e. The minimum atomic E-state index is -3.06. The highest BCUT2D eigenvalue weighted by molar-refractivity contribution is 7.60. The van der Waals surface area contributed by atoms with Crippen LogP contribution in [0.25, 0.3) is 0 Å². The van der Waals surface area contributed by atoms with E-state index < -0.39 is 7.52 Å². The second-order valence-electron chi connectivity index (χ2n) is 4.21. The molecule has 20 heavy (non-hydrogen) atoms. The molecule has 0 aliphatic heterocycles. The fraction of sp³-hybridized carbons (Fsp3) is 0.143. The SMILES string of the molecule is COc1ccccc1O[P@@](C)(=O)Nc1ccc(Cl)cc1. The summed E-state index contributed by atoms with van der Waals surface area (Å²) in [7, 11) is -1.53. The van der Waals surface area contributed by atoms with Crippen LogP contribution in [0.4, 0.5) is 5.69 Å². The molecule has 0 radical (unpaired) electrons. The van der Waals surface area contributed by atoms with Crippen molar-refractivity contribution in [3.05, 3.63) is 53.6 Å². The third-order valence-corrected chi connectivity index (χ3v) is 3.98. The number of anilines is 1. The van der Waals surface area contributed by atoms with Crippen molar-refractivity contribution in [3.63, 3.8) is 0 Å². The number of para-hydroxylation sites is 2. The van der Waals surface area contributed by atoms with Crippen molar-refractivity contribution in [1.82, 2.24) is 0 Å². The summed E-state index contributed by atoms with van der Waals surface area (Å²) in [6.45, 7) is 1.51. The first kappa shape index (κ1) is 14.8. The number of benzene rings is 2. The maximum absolute atomic E-state index is 12.5. The summed E-state index contributed by atoms with van der Waals surface area (Å²) in [4.78, 5) is 0. The number of ether oxygens (including phenoxy) is 1. The average molecular weight is 312 g/mol. The van der Waals surface area contributed by atoms with E-state index in [1.807, 2.05) is 6.07 Å². The standard InChI is InChI=1S/C14H15ClNO3P/c1-18-13-5-3-4-6-14(13)19-20(2,17)16-12-9-7-11(15)8-10-12/h3-10H,1-2H3,(H,16,17)/t20-/m1/s1. The van der Waals surface area contributed by atoms with E-state index in [1.165, 1.54) is 13.8 Å². The lowest BCUT2D eigenvalue weighted by atomic mass is 10.3. The Kier molecular flexibility index (Phi) is 4.58. The zero-order valence-electron chi connectivity index (χ0n) is 11.2. The van der Waals surface area contributed by atoms with E-state index in [0.717, 1.165) is 0 Å². The van der Waals surface area contributed by atoms with Crippen LogP contribution >= 0.6 is 19.1 Å². The maximum Gasteiger partial charge on any atom is 0.338 e. The lowest BCUT2D eigenvalue weighted by Gasteiger charge is -2.18. The molecule has 6 heteroatoms. The third kappa shape index (κ3) is 3.92. The molecule has 0 amide bonds. The molecule has 0 saturated carbocycles. The largest absolute Gasteiger partial charge is 0.493 e. The van der Waals surface area contributed by atoms with Crippen molar-refractivity contribution in [1.29, 1.82) is 0 Å². The third-order valence-electron chi connectivity index (χ3n) is 2.52. The minimum absolute atomic E-state index is 0.433. The van der Waals surface area contributed by atoms with Crippen LogP contribution in [0, 0.1) is 0 Å². The van der Waals surface area contributed by atoms with Crippen molar-refractivity contribution in [2.24, 2.45) is 0 Å². The quantitative estimate of drug-likeness (QED) is 0.816. The molecule has 1 N–H and O–H groups in total. The molecule has 0 spiro atoms. The van der Waals surface area contributed by atoms with Gasteiger partial charge in [0.2, 0.25) is 0 Å². The van der Waals surface area contributed by atoms with E-state index in [-0.39, 0.29) is 0 Å². The lowest BCUT2D eigenvalue weighted by molar-refractivity contribution is 0.391. The molecule has 0 bridgehead atoms. The summed E-state index contributed by atoms with van der Waals surface area (Å²) < 4.78 is 23.2. The van der Waals surface area contributed by atoms with E-state index in [2.05, 4.69) is 5.09 Å². The Morgan fingerprint density at radius 2 is 1.65 bits per heavy atom. The number of halogens is 1. The first-order valence-electron chi connectivity index (χ1n) is 5.94. The van der Waals surface area contributed by atoms with Gasteiger partial charge < -0.3 is 14.3 Å². The normalized spacial score (nSPS) is 13.3. The molecular weight excluding hydrogens is 297 g/mol. The molecule has 0 saturated heterocycles. The first-order chi connectivity index (χ1) is 9.50. The van der Waals surface area contributed by atoms with Crippen LogP contribution in [0.1, 0.15) is 0 Å². The van der Waals surface area contributed by atoms with Crippen molar-refractivity contribution >= 4 is 24.8 Å². The molecular formula is C14H15ClNO3P. The number of hydrogen-bond acceptors (Lipinski definition) is 3. The molecule has 0 aromatic heterocycles. The van der Waals surface area contributed by atoms with E-state index in [4.69, 9.17) is 20.9 Å². The maximum atomic E-state index is 12.5. The summed E-state index contributed by atoms with van der Waals surface area (Å²) in [5.74, 6) is 0.967. The van der Waals surface area contributed by atoms with Gasteiger partial charge in [0.15, 0.2) is 11.5 Å². The Labute approximate surface area is 123 Å². The van der Waals surface area contributed by atoms with E-state index >= 15 is 0 Å². The second kappa shape index (κ2) is 6.21. The predicted molar refractivity (Wildman–Crippen MR) is 82.2 cm³/mol. The number of hydrogen-bond donors (Lipinski definition) is 1. The summed E-state index contributed by atoms with van der Waals surface area (Å²) in [5, 5.41) is 3.48. The topological polar surface area (TPSA) is 47.6 Å². The predicted octanol–water partition coefficient (Wildman–Crippen LogP) is 4.66. The van der Waals surface area contributed by atoms with Gasteiger partial charge in [0.25, 0.3) is 0 Å². The van der Waals surface area contributed by atoms with Gasteiger partial charge in [-0.25, -0.2) is 0 Å². The molecule has 4 nitrogen and oxygen atoms in total. The smallest absolute Gasteiger partial charge is 0.338 e. The lowest BCUT2D eigenvalue weighted by Crippen LogP contribution is -2.03. The van der Waals surface area contributed by atoms with E-state index in [1.54, 1.807) is 42.5 Å². The summed E-state index contributed by atoms with van der Waals surface area (Å²) in [5.41, 5.74) is 0.676. The van der Waals surface area contributed by atoms with Crippen molar-refractivity contribution in [3.8, 4) is 11.5 Å². The van der Waals surface area contributed by atoms with Crippen molar-refractivity contribution in [2.45, 2.75) is 0 Å². The number of nitrogens with one attached hydrogen (secondary N) is 1. The highest BCUT2D eigenvalue weighted by atomic mass is 35.5. The van der Waals surface area contributed by atoms with E-state index in [0.29, 0.717) is 22.2 Å². The first-order valence-corrected chi connectivity index (χ1v) is 8.39. The highest BCUT2D eigenvalue weighted by Crippen LogP contribution is 2.45. The molecule has 0 unspecified atom stereocenters. The second-order valence-corrected chi connectivity index (χ2v) is 6.74. The Morgan fingerprint density at radius 3 is 2.25 bits per heavy atom. The van der Waals surface area contributed by atoms with Gasteiger partial charge in [0.05, 0.1) is 7.11 Å². The molecule has 1 atom stereocenters. The molecule has 0 aliphatic rings. The van der Waals surface area contributed by atoms with Gasteiger partial charge >= 0.3 is 7.52 Å². The molecule has 2 aromatic rings. The Morgan fingerprint density at radius 1 is 1.05 bits per heavy atom. The Hall–Kier alpha value is -1.64. The average Bonchev–Trinajstić information content (AvgIpc) is 2.41. The monoisotopic (exact) mass is 311 g/mol. The Bertz CT molecular complexity index is 631. The summed E-state index contributed by atoms with van der Waals surface area (Å²) >= 11 is 5.81. The van der Waals surface area contributed by atoms with Crippen LogP contribution in [0.2, 0.25) is 5.02 Å². The van der Waals surface area contributed by atoms with Gasteiger partial charge in [0.1, 0.15) is 0 Å². The van der Waals surface area contributed by atoms with Crippen LogP contribution in [0.3, 0.4) is 0 Å². The van der Waals surface area contributed by atoms with Gasteiger partial charge in [0, 0.05) is 17.4 Å². The summed E-state index contributed by atoms with van der Waals surface area (Å²) in [6, 6.07) is 14.0.